The van der Waals surface area contributed by atoms with Crippen LogP contribution in [-0.4, -0.2) is 47.4 Å². The number of carbonyl (C=O) groups excluding carboxylic acids is 1. The maximum absolute atomic E-state index is 12.7. The van der Waals surface area contributed by atoms with E-state index >= 15 is 0 Å². The van der Waals surface area contributed by atoms with Crippen molar-refractivity contribution in [3.8, 4) is 0 Å². The zero-order chi connectivity index (χ0) is 29.5. The highest BCUT2D eigenvalue weighted by molar-refractivity contribution is 7.09. The number of carbonyl (C=O) groups is 1. The van der Waals surface area contributed by atoms with Gasteiger partial charge in [-0.1, -0.05) is 54.5 Å². The third-order valence-electron chi connectivity index (χ3n) is 8.62. The van der Waals surface area contributed by atoms with Crippen molar-refractivity contribution in [3.63, 3.8) is 0 Å². The summed E-state index contributed by atoms with van der Waals surface area (Å²) in [6.45, 7) is 20.9. The summed E-state index contributed by atoms with van der Waals surface area (Å²) in [5.41, 5.74) is 2.90. The van der Waals surface area contributed by atoms with Gasteiger partial charge < -0.3 is 13.6 Å². The molecule has 0 radical (unpaired) electrons. The van der Waals surface area contributed by atoms with Gasteiger partial charge in [-0.2, -0.15) is 0 Å². The third-order valence-corrected chi connectivity index (χ3v) is 18.7. The van der Waals surface area contributed by atoms with E-state index in [-0.39, 0.29) is 12.1 Å². The summed E-state index contributed by atoms with van der Waals surface area (Å²) in [6.07, 6.45) is 7.52. The lowest BCUT2D eigenvalue weighted by molar-refractivity contribution is -0.136. The van der Waals surface area contributed by atoms with Gasteiger partial charge in [0, 0.05) is 17.6 Å². The number of nitrogens with zero attached hydrogens (tertiary/aromatic N) is 1. The first-order chi connectivity index (χ1) is 18.6. The Hall–Kier alpha value is -1.07. The summed E-state index contributed by atoms with van der Waals surface area (Å²) in [4.78, 5) is 17.4. The van der Waals surface area contributed by atoms with Gasteiger partial charge in [0.05, 0.1) is 23.9 Å². The highest BCUT2D eigenvalue weighted by atomic mass is 32.1. The predicted molar refractivity (Wildman–Crippen MR) is 173 cm³/mol. The molecule has 1 aromatic rings. The molecule has 0 spiro atoms. The molecule has 1 aromatic heterocycles. The maximum atomic E-state index is 12.7. The average Bonchev–Trinajstić information content (AvgIpc) is 3.37. The normalized spacial score (nSPS) is 14.9. The molecule has 0 bridgehead atoms. The molecule has 0 aromatic carbocycles. The fraction of sp³-hybridized carbons (Fsp3) is 0.742. The van der Waals surface area contributed by atoms with Crippen LogP contribution >= 0.6 is 11.3 Å². The molecule has 0 unspecified atom stereocenters. The van der Waals surface area contributed by atoms with Crippen LogP contribution in [0.15, 0.2) is 22.6 Å². The van der Waals surface area contributed by atoms with Crippen LogP contribution in [0.1, 0.15) is 91.8 Å². The number of aromatic nitrogens is 1. The second-order valence-corrected chi connectivity index (χ2v) is 21.6. The van der Waals surface area contributed by atoms with E-state index in [1.807, 2.05) is 6.92 Å². The molecule has 39 heavy (non-hydrogen) atoms. The number of rotatable bonds is 20. The first-order valence-corrected chi connectivity index (χ1v) is 21.2. The summed E-state index contributed by atoms with van der Waals surface area (Å²) < 4.78 is 18.7. The summed E-state index contributed by atoms with van der Waals surface area (Å²) in [7, 11) is -1.94. The minimum absolute atomic E-state index is 0.0688. The van der Waals surface area contributed by atoms with Crippen LogP contribution < -0.4 is 0 Å². The van der Waals surface area contributed by atoms with Crippen molar-refractivity contribution in [2.75, 3.05) is 13.7 Å². The van der Waals surface area contributed by atoms with Crippen molar-refractivity contribution in [2.45, 2.75) is 130 Å². The highest BCUT2D eigenvalue weighted by Crippen LogP contribution is 2.29. The summed E-state index contributed by atoms with van der Waals surface area (Å²) >= 11 is 1.66. The van der Waals surface area contributed by atoms with Crippen molar-refractivity contribution >= 4 is 40.0 Å². The minimum Gasteiger partial charge on any atom is -0.466 e. The molecule has 0 fully saturated rings. The van der Waals surface area contributed by atoms with E-state index in [0.717, 1.165) is 59.4 Å². The summed E-state index contributed by atoms with van der Waals surface area (Å²) in [6, 6.07) is 6.81. The zero-order valence-corrected chi connectivity index (χ0v) is 29.5. The van der Waals surface area contributed by atoms with Crippen LogP contribution in [0.4, 0.5) is 0 Å². The van der Waals surface area contributed by atoms with Gasteiger partial charge in [-0.25, -0.2) is 9.78 Å². The van der Waals surface area contributed by atoms with Gasteiger partial charge in [-0.3, -0.25) is 0 Å². The van der Waals surface area contributed by atoms with Crippen molar-refractivity contribution in [3.05, 3.63) is 33.3 Å². The fourth-order valence-corrected chi connectivity index (χ4v) is 11.4. The highest BCUT2D eigenvalue weighted by Gasteiger charge is 2.32. The molecule has 2 atom stereocenters. The van der Waals surface area contributed by atoms with Crippen LogP contribution in [0.25, 0.3) is 6.08 Å². The lowest BCUT2D eigenvalue weighted by atomic mass is 9.99. The van der Waals surface area contributed by atoms with Crippen molar-refractivity contribution in [1.82, 2.24) is 4.98 Å². The Kier molecular flexibility index (Phi) is 17.0. The molecule has 224 valence electrons. The van der Waals surface area contributed by atoms with Crippen LogP contribution in [0.3, 0.4) is 0 Å². The van der Waals surface area contributed by atoms with E-state index in [0.29, 0.717) is 18.8 Å². The Bertz CT molecular complexity index is 890. The molecule has 0 aliphatic carbocycles. The summed E-state index contributed by atoms with van der Waals surface area (Å²) in [5.74, 6) is 0.252. The van der Waals surface area contributed by atoms with Crippen molar-refractivity contribution in [2.24, 2.45) is 5.92 Å². The number of methoxy groups -OCH3 is 1. The second-order valence-electron chi connectivity index (χ2n) is 11.0. The molecule has 1 rings (SSSR count). The Morgan fingerprint density at radius 1 is 1.03 bits per heavy atom. The van der Waals surface area contributed by atoms with E-state index in [9.17, 15) is 4.79 Å². The maximum Gasteiger partial charge on any atom is 0.333 e. The third kappa shape index (κ3) is 11.8. The topological polar surface area (TPSA) is 57.7 Å². The van der Waals surface area contributed by atoms with Gasteiger partial charge in [-0.15, -0.1) is 11.3 Å². The molecule has 8 heteroatoms. The molecule has 0 N–H and O–H groups in total. The average molecular weight is 596 g/mol. The number of aryl methyl sites for hydroxylation is 1. The number of thiazole rings is 1. The van der Waals surface area contributed by atoms with Gasteiger partial charge >= 0.3 is 5.97 Å². The van der Waals surface area contributed by atoms with E-state index in [1.165, 1.54) is 25.2 Å². The lowest BCUT2D eigenvalue weighted by Crippen LogP contribution is -2.40. The molecule has 0 saturated heterocycles. The second kappa shape index (κ2) is 18.4. The number of esters is 1. The van der Waals surface area contributed by atoms with E-state index in [4.69, 9.17) is 13.6 Å². The first kappa shape index (κ1) is 36.0. The lowest BCUT2D eigenvalue weighted by Gasteiger charge is -2.33. The Morgan fingerprint density at radius 3 is 2.10 bits per heavy atom. The predicted octanol–water partition coefficient (Wildman–Crippen LogP) is 9.56. The van der Waals surface area contributed by atoms with Crippen LogP contribution in [0.5, 0.6) is 0 Å². The van der Waals surface area contributed by atoms with Gasteiger partial charge in [0.1, 0.15) is 0 Å². The van der Waals surface area contributed by atoms with Gasteiger partial charge in [0.2, 0.25) is 0 Å². The first-order valence-electron chi connectivity index (χ1n) is 15.3. The number of hydrogen-bond acceptors (Lipinski definition) is 6. The van der Waals surface area contributed by atoms with Crippen LogP contribution in [-0.2, 0) is 18.4 Å². The monoisotopic (exact) mass is 595 g/mol. The molecule has 5 nitrogen and oxygen atoms in total. The quantitative estimate of drug-likeness (QED) is 0.0853. The van der Waals surface area contributed by atoms with Gasteiger partial charge in [0.15, 0.2) is 16.6 Å². The van der Waals surface area contributed by atoms with E-state index in [2.05, 4.69) is 77.9 Å². The standard InChI is InChI=1S/C31H57NO4SSi2/c1-11-38(12-2,13-3)35-23-25(7)18-17-19-28(31(33)34-10)20-21-30(36-39(14-4,15-5)16-6)26(8)22-29-24-37-27(9)32-29/h20,22,24-25,30H,11-19,21,23H2,1-10H3/b26-22+,28-20+/t25-,30-/m0/s1. The smallest absolute Gasteiger partial charge is 0.333 e. The molecule has 0 saturated carbocycles. The molecule has 0 aliphatic rings. The molecular weight excluding hydrogens is 539 g/mol. The van der Waals surface area contributed by atoms with Gasteiger partial charge in [-0.05, 0) is 93.4 Å². The van der Waals surface area contributed by atoms with E-state index < -0.39 is 16.6 Å². The Labute approximate surface area is 246 Å². The van der Waals surface area contributed by atoms with Crippen LogP contribution in [0, 0.1) is 12.8 Å². The van der Waals surface area contributed by atoms with Gasteiger partial charge in [0.25, 0.3) is 0 Å². The van der Waals surface area contributed by atoms with E-state index in [1.54, 1.807) is 11.3 Å². The molecule has 1 heterocycles. The fourth-order valence-electron chi connectivity index (χ4n) is 5.17. The zero-order valence-electron chi connectivity index (χ0n) is 26.7. The number of ether oxygens (including phenoxy) is 1. The summed E-state index contributed by atoms with van der Waals surface area (Å²) in [5, 5.41) is 3.15. The van der Waals surface area contributed by atoms with Crippen molar-refractivity contribution in [1.29, 1.82) is 0 Å². The Balaban J connectivity index is 3.01. The largest absolute Gasteiger partial charge is 0.466 e. The SMILES string of the molecule is CC[Si](CC)(CC)OC[C@@H](C)CCC/C(=C\C[C@H](O[Si](CC)(CC)CC)/C(C)=C/c1csc(C)n1)C(=O)OC. The number of hydrogen-bond donors (Lipinski definition) is 0. The van der Waals surface area contributed by atoms with Crippen LogP contribution in [0.2, 0.25) is 36.3 Å². The molecular formula is C31H57NO4SSi2. The molecule has 0 amide bonds. The molecule has 0 aliphatic heterocycles. The van der Waals surface area contributed by atoms with Crippen molar-refractivity contribution < 1.29 is 18.4 Å². The Morgan fingerprint density at radius 2 is 1.62 bits per heavy atom. The minimum atomic E-state index is -1.85.